The molecular formula is C19H26ClNO3. The fraction of sp³-hybridized carbons (Fsp3) is 0.579. The zero-order valence-corrected chi connectivity index (χ0v) is 15.2. The van der Waals surface area contributed by atoms with Gasteiger partial charge in [-0.15, -0.1) is 0 Å². The molecule has 1 amide bonds. The Labute approximate surface area is 148 Å². The van der Waals surface area contributed by atoms with E-state index in [9.17, 15) is 9.59 Å². The molecule has 0 radical (unpaired) electrons. The molecule has 1 fully saturated rings. The number of rotatable bonds is 6. The quantitative estimate of drug-likeness (QED) is 0.728. The van der Waals surface area contributed by atoms with E-state index in [1.807, 2.05) is 0 Å². The van der Waals surface area contributed by atoms with E-state index in [0.29, 0.717) is 16.3 Å². The molecule has 1 N–H and O–H groups in total. The van der Waals surface area contributed by atoms with E-state index in [-0.39, 0.29) is 11.8 Å². The van der Waals surface area contributed by atoms with Crippen LogP contribution in [0.1, 0.15) is 62.2 Å². The smallest absolute Gasteiger partial charge is 0.337 e. The lowest BCUT2D eigenvalue weighted by Gasteiger charge is -2.27. The fourth-order valence-electron chi connectivity index (χ4n) is 3.31. The Morgan fingerprint density at radius 1 is 1.25 bits per heavy atom. The second-order valence-electron chi connectivity index (χ2n) is 6.54. The number of hydrogen-bond donors (Lipinski definition) is 1. The highest BCUT2D eigenvalue weighted by Crippen LogP contribution is 2.33. The molecule has 132 valence electrons. The van der Waals surface area contributed by atoms with Crippen molar-refractivity contribution in [3.63, 3.8) is 0 Å². The number of nitrogens with one attached hydrogen (secondary N) is 1. The molecule has 5 heteroatoms. The van der Waals surface area contributed by atoms with Crippen LogP contribution in [0, 0.1) is 11.8 Å². The number of ether oxygens (including phenoxy) is 1. The maximum atomic E-state index is 12.5. The first-order valence-electron chi connectivity index (χ1n) is 8.73. The van der Waals surface area contributed by atoms with Gasteiger partial charge in [-0.05, 0) is 49.8 Å². The van der Waals surface area contributed by atoms with Gasteiger partial charge in [0.25, 0.3) is 0 Å². The van der Waals surface area contributed by atoms with Gasteiger partial charge >= 0.3 is 5.97 Å². The van der Waals surface area contributed by atoms with E-state index in [1.54, 1.807) is 18.2 Å². The molecule has 0 spiro atoms. The molecule has 2 rings (SSSR count). The number of unbranched alkanes of at least 4 members (excludes halogenated alkanes) is 1. The molecule has 0 bridgehead atoms. The lowest BCUT2D eigenvalue weighted by Crippen LogP contribution is -2.27. The van der Waals surface area contributed by atoms with Gasteiger partial charge in [0.05, 0.1) is 23.4 Å². The fourth-order valence-corrected chi connectivity index (χ4v) is 3.47. The van der Waals surface area contributed by atoms with Crippen molar-refractivity contribution in [2.24, 2.45) is 11.8 Å². The number of esters is 1. The summed E-state index contributed by atoms with van der Waals surface area (Å²) < 4.78 is 4.70. The van der Waals surface area contributed by atoms with E-state index >= 15 is 0 Å². The summed E-state index contributed by atoms with van der Waals surface area (Å²) in [4.78, 5) is 24.1. The van der Waals surface area contributed by atoms with Crippen molar-refractivity contribution < 1.29 is 14.3 Å². The van der Waals surface area contributed by atoms with Crippen LogP contribution in [0.2, 0.25) is 5.02 Å². The SMILES string of the molecule is CCCCC1CCC(C(=O)Nc2cc(C(=O)OC)ccc2Cl)CC1. The van der Waals surface area contributed by atoms with Gasteiger partial charge < -0.3 is 10.1 Å². The van der Waals surface area contributed by atoms with Crippen LogP contribution < -0.4 is 5.32 Å². The van der Waals surface area contributed by atoms with Crippen LogP contribution in [0.4, 0.5) is 5.69 Å². The first kappa shape index (κ1) is 18.8. The van der Waals surface area contributed by atoms with Crippen LogP contribution in [0.15, 0.2) is 18.2 Å². The molecule has 1 aliphatic carbocycles. The summed E-state index contributed by atoms with van der Waals surface area (Å²) in [6.45, 7) is 2.21. The second kappa shape index (κ2) is 9.07. The van der Waals surface area contributed by atoms with Crippen LogP contribution >= 0.6 is 11.6 Å². The number of carbonyl (C=O) groups is 2. The van der Waals surface area contributed by atoms with Crippen LogP contribution in [0.3, 0.4) is 0 Å². The molecule has 0 aliphatic heterocycles. The van der Waals surface area contributed by atoms with Crippen LogP contribution in [0.5, 0.6) is 0 Å². The monoisotopic (exact) mass is 351 g/mol. The van der Waals surface area contributed by atoms with Crippen molar-refractivity contribution in [3.8, 4) is 0 Å². The molecule has 4 nitrogen and oxygen atoms in total. The second-order valence-corrected chi connectivity index (χ2v) is 6.94. The minimum Gasteiger partial charge on any atom is -0.465 e. The Bertz CT molecular complexity index is 580. The molecule has 1 saturated carbocycles. The maximum absolute atomic E-state index is 12.5. The standard InChI is InChI=1S/C19H26ClNO3/c1-3-4-5-13-6-8-14(9-7-13)18(22)21-17-12-15(19(23)24-2)10-11-16(17)20/h10-14H,3-9H2,1-2H3,(H,21,22). The van der Waals surface area contributed by atoms with Gasteiger partial charge in [0, 0.05) is 5.92 Å². The van der Waals surface area contributed by atoms with Gasteiger partial charge in [0.2, 0.25) is 5.91 Å². The molecule has 0 heterocycles. The van der Waals surface area contributed by atoms with E-state index in [1.165, 1.54) is 26.4 Å². The van der Waals surface area contributed by atoms with Gasteiger partial charge in [-0.2, -0.15) is 0 Å². The zero-order chi connectivity index (χ0) is 17.5. The number of methoxy groups -OCH3 is 1. The number of benzene rings is 1. The van der Waals surface area contributed by atoms with Crippen molar-refractivity contribution in [1.82, 2.24) is 0 Å². The zero-order valence-electron chi connectivity index (χ0n) is 14.4. The third-order valence-electron chi connectivity index (χ3n) is 4.83. The summed E-state index contributed by atoms with van der Waals surface area (Å²) in [6.07, 6.45) is 7.87. The molecule has 1 aromatic rings. The molecule has 0 atom stereocenters. The number of anilines is 1. The number of hydrogen-bond acceptors (Lipinski definition) is 3. The highest BCUT2D eigenvalue weighted by atomic mass is 35.5. The highest BCUT2D eigenvalue weighted by Gasteiger charge is 2.26. The van der Waals surface area contributed by atoms with Crippen LogP contribution in [-0.4, -0.2) is 19.0 Å². The summed E-state index contributed by atoms with van der Waals surface area (Å²) in [5, 5.41) is 3.30. The van der Waals surface area contributed by atoms with Crippen molar-refractivity contribution in [3.05, 3.63) is 28.8 Å². The Morgan fingerprint density at radius 3 is 2.58 bits per heavy atom. The van der Waals surface area contributed by atoms with E-state index in [0.717, 1.165) is 31.6 Å². The predicted octanol–water partition coefficient (Wildman–Crippen LogP) is 5.06. The average molecular weight is 352 g/mol. The number of carbonyl (C=O) groups excluding carboxylic acids is 2. The van der Waals surface area contributed by atoms with Crippen molar-refractivity contribution in [1.29, 1.82) is 0 Å². The van der Waals surface area contributed by atoms with Crippen molar-refractivity contribution in [2.75, 3.05) is 12.4 Å². The number of amides is 1. The lowest BCUT2D eigenvalue weighted by atomic mass is 9.79. The molecule has 0 unspecified atom stereocenters. The minimum atomic E-state index is -0.446. The Balaban J connectivity index is 1.94. The molecule has 24 heavy (non-hydrogen) atoms. The minimum absolute atomic E-state index is 0.00661. The van der Waals surface area contributed by atoms with Crippen molar-refractivity contribution >= 4 is 29.2 Å². The Kier molecular flexibility index (Phi) is 7.10. The molecule has 0 aromatic heterocycles. The largest absolute Gasteiger partial charge is 0.465 e. The van der Waals surface area contributed by atoms with Crippen LogP contribution in [-0.2, 0) is 9.53 Å². The topological polar surface area (TPSA) is 55.4 Å². The Hall–Kier alpha value is -1.55. The van der Waals surface area contributed by atoms with E-state index in [4.69, 9.17) is 16.3 Å². The average Bonchev–Trinajstić information content (AvgIpc) is 2.61. The maximum Gasteiger partial charge on any atom is 0.337 e. The Morgan fingerprint density at radius 2 is 1.96 bits per heavy atom. The third kappa shape index (κ3) is 4.97. The summed E-state index contributed by atoms with van der Waals surface area (Å²) in [6, 6.07) is 4.76. The van der Waals surface area contributed by atoms with Crippen molar-refractivity contribution in [2.45, 2.75) is 51.9 Å². The van der Waals surface area contributed by atoms with Gasteiger partial charge in [0.15, 0.2) is 0 Å². The summed E-state index contributed by atoms with van der Waals surface area (Å²) in [5.74, 6) is 0.340. The third-order valence-corrected chi connectivity index (χ3v) is 5.16. The summed E-state index contributed by atoms with van der Waals surface area (Å²) >= 11 is 6.14. The van der Waals surface area contributed by atoms with Gasteiger partial charge in [-0.25, -0.2) is 4.79 Å². The van der Waals surface area contributed by atoms with Gasteiger partial charge in [0.1, 0.15) is 0 Å². The van der Waals surface area contributed by atoms with Gasteiger partial charge in [-0.3, -0.25) is 4.79 Å². The summed E-state index contributed by atoms with van der Waals surface area (Å²) in [7, 11) is 1.33. The summed E-state index contributed by atoms with van der Waals surface area (Å²) in [5.41, 5.74) is 0.846. The first-order valence-corrected chi connectivity index (χ1v) is 9.11. The first-order chi connectivity index (χ1) is 11.5. The number of halogens is 1. The molecule has 0 saturated heterocycles. The lowest BCUT2D eigenvalue weighted by molar-refractivity contribution is -0.121. The molecular weight excluding hydrogens is 326 g/mol. The van der Waals surface area contributed by atoms with Gasteiger partial charge in [-0.1, -0.05) is 37.8 Å². The van der Waals surface area contributed by atoms with Crippen LogP contribution in [0.25, 0.3) is 0 Å². The molecule has 1 aliphatic rings. The predicted molar refractivity (Wildman–Crippen MR) is 96.4 cm³/mol. The van der Waals surface area contributed by atoms with E-state index in [2.05, 4.69) is 12.2 Å². The highest BCUT2D eigenvalue weighted by molar-refractivity contribution is 6.33. The van der Waals surface area contributed by atoms with E-state index < -0.39 is 5.97 Å². The normalized spacial score (nSPS) is 20.5. The molecule has 1 aromatic carbocycles.